The van der Waals surface area contributed by atoms with Crippen molar-refractivity contribution in [1.29, 1.82) is 0 Å². The number of rotatable bonds is 7. The van der Waals surface area contributed by atoms with E-state index in [1.807, 2.05) is 31.2 Å². The number of hydrogen-bond acceptors (Lipinski definition) is 4. The van der Waals surface area contributed by atoms with Gasteiger partial charge in [-0.1, -0.05) is 35.9 Å². The molecule has 6 heteroatoms. The Morgan fingerprint density at radius 2 is 1.46 bits per heavy atom. The maximum Gasteiger partial charge on any atom is 0.264 e. The minimum absolute atomic E-state index is 0.176. The van der Waals surface area contributed by atoms with Gasteiger partial charge in [0.05, 0.1) is 31.3 Å². The lowest BCUT2D eigenvalue weighted by molar-refractivity contribution is 0.413. The lowest BCUT2D eigenvalue weighted by atomic mass is 10.1. The number of anilines is 1. The molecule has 0 N–H and O–H groups in total. The molecule has 0 aliphatic rings. The van der Waals surface area contributed by atoms with Gasteiger partial charge >= 0.3 is 0 Å². The highest BCUT2D eigenvalue weighted by molar-refractivity contribution is 7.92. The summed E-state index contributed by atoms with van der Waals surface area (Å²) in [4.78, 5) is 0.176. The van der Waals surface area contributed by atoms with Gasteiger partial charge in [-0.3, -0.25) is 4.31 Å². The first-order valence-corrected chi connectivity index (χ1v) is 10.2. The molecular weight excluding hydrogens is 374 g/mol. The summed E-state index contributed by atoms with van der Waals surface area (Å²) in [6.45, 7) is 2.21. The lowest BCUT2D eigenvalue weighted by Crippen LogP contribution is -2.30. The van der Waals surface area contributed by atoms with Crippen LogP contribution in [-0.2, 0) is 16.6 Å². The van der Waals surface area contributed by atoms with Crippen LogP contribution in [0.4, 0.5) is 5.69 Å². The van der Waals surface area contributed by atoms with E-state index in [-0.39, 0.29) is 11.4 Å². The third kappa shape index (κ3) is 4.28. The Labute approximate surface area is 166 Å². The first kappa shape index (κ1) is 19.8. The van der Waals surface area contributed by atoms with Crippen molar-refractivity contribution in [2.75, 3.05) is 18.5 Å². The topological polar surface area (TPSA) is 55.8 Å². The van der Waals surface area contributed by atoms with E-state index in [9.17, 15) is 8.42 Å². The van der Waals surface area contributed by atoms with Crippen LogP contribution in [0.1, 0.15) is 11.1 Å². The summed E-state index contributed by atoms with van der Waals surface area (Å²) in [7, 11) is -0.713. The van der Waals surface area contributed by atoms with Crippen LogP contribution in [-0.4, -0.2) is 22.6 Å². The summed E-state index contributed by atoms with van der Waals surface area (Å²) in [5.41, 5.74) is 2.58. The highest BCUT2D eigenvalue weighted by atomic mass is 32.2. The molecule has 146 valence electrons. The Balaban J connectivity index is 2.06. The molecule has 0 amide bonds. The number of aryl methyl sites for hydroxylation is 1. The Kier molecular flexibility index (Phi) is 5.90. The SMILES string of the molecule is COc1ccc(N(Cc2ccc(C)cc2)S(=O)(=O)c2cccc(OC)c2)cc1. The first-order chi connectivity index (χ1) is 13.4. The Morgan fingerprint density at radius 3 is 2.07 bits per heavy atom. The van der Waals surface area contributed by atoms with Crippen LogP contribution in [0.3, 0.4) is 0 Å². The smallest absolute Gasteiger partial charge is 0.264 e. The van der Waals surface area contributed by atoms with Crippen LogP contribution in [0.5, 0.6) is 11.5 Å². The second-order valence-electron chi connectivity index (χ2n) is 6.37. The number of benzene rings is 3. The van der Waals surface area contributed by atoms with Crippen LogP contribution in [0.25, 0.3) is 0 Å². The van der Waals surface area contributed by atoms with E-state index < -0.39 is 10.0 Å². The molecule has 0 saturated heterocycles. The summed E-state index contributed by atoms with van der Waals surface area (Å²) < 4.78 is 38.7. The van der Waals surface area contributed by atoms with E-state index in [2.05, 4.69) is 0 Å². The predicted octanol–water partition coefficient (Wildman–Crippen LogP) is 4.41. The fourth-order valence-electron chi connectivity index (χ4n) is 2.81. The standard InChI is InChI=1S/C22H23NO4S/c1-17-7-9-18(10-8-17)16-23(19-11-13-20(26-2)14-12-19)28(24,25)22-6-4-5-21(15-22)27-3/h4-15H,16H2,1-3H3. The van der Waals surface area contributed by atoms with Gasteiger partial charge in [-0.05, 0) is 48.9 Å². The summed E-state index contributed by atoms with van der Waals surface area (Å²) in [6.07, 6.45) is 0. The molecule has 0 spiro atoms. The normalized spacial score (nSPS) is 11.1. The Hall–Kier alpha value is -2.99. The fraction of sp³-hybridized carbons (Fsp3) is 0.182. The molecule has 3 aromatic carbocycles. The summed E-state index contributed by atoms with van der Waals surface area (Å²) in [6, 6.07) is 21.3. The zero-order valence-electron chi connectivity index (χ0n) is 16.1. The third-order valence-corrected chi connectivity index (χ3v) is 6.21. The molecule has 3 aromatic rings. The molecule has 0 radical (unpaired) electrons. The van der Waals surface area contributed by atoms with Gasteiger partial charge in [0.15, 0.2) is 0 Å². The molecule has 0 aliphatic heterocycles. The Morgan fingerprint density at radius 1 is 0.821 bits per heavy atom. The number of methoxy groups -OCH3 is 2. The molecule has 0 atom stereocenters. The van der Waals surface area contributed by atoms with Crippen molar-refractivity contribution >= 4 is 15.7 Å². The van der Waals surface area contributed by atoms with Crippen LogP contribution < -0.4 is 13.8 Å². The molecule has 28 heavy (non-hydrogen) atoms. The van der Waals surface area contributed by atoms with E-state index in [0.717, 1.165) is 11.1 Å². The minimum Gasteiger partial charge on any atom is -0.497 e. The average molecular weight is 397 g/mol. The molecule has 0 bridgehead atoms. The van der Waals surface area contributed by atoms with Crippen molar-refractivity contribution in [3.63, 3.8) is 0 Å². The molecule has 3 rings (SSSR count). The van der Waals surface area contributed by atoms with Crippen molar-refractivity contribution in [2.45, 2.75) is 18.4 Å². The number of nitrogens with zero attached hydrogens (tertiary/aromatic N) is 1. The van der Waals surface area contributed by atoms with Gasteiger partial charge in [0.2, 0.25) is 0 Å². The van der Waals surface area contributed by atoms with Crippen LogP contribution in [0.2, 0.25) is 0 Å². The van der Waals surface area contributed by atoms with E-state index >= 15 is 0 Å². The zero-order chi connectivity index (χ0) is 20.1. The highest BCUT2D eigenvalue weighted by Gasteiger charge is 2.26. The van der Waals surface area contributed by atoms with Gasteiger partial charge < -0.3 is 9.47 Å². The first-order valence-electron chi connectivity index (χ1n) is 8.80. The number of hydrogen-bond donors (Lipinski definition) is 0. The minimum atomic E-state index is -3.80. The fourth-order valence-corrected chi connectivity index (χ4v) is 4.30. The molecule has 0 saturated carbocycles. The zero-order valence-corrected chi connectivity index (χ0v) is 16.9. The molecule has 0 unspecified atom stereocenters. The Bertz CT molecular complexity index is 1030. The highest BCUT2D eigenvalue weighted by Crippen LogP contribution is 2.29. The molecule has 0 fully saturated rings. The monoisotopic (exact) mass is 397 g/mol. The van der Waals surface area contributed by atoms with E-state index in [1.54, 1.807) is 49.6 Å². The van der Waals surface area contributed by atoms with Crippen molar-refractivity contribution in [3.05, 3.63) is 83.9 Å². The van der Waals surface area contributed by atoms with Crippen LogP contribution >= 0.6 is 0 Å². The molecule has 0 aromatic heterocycles. The summed E-state index contributed by atoms with van der Waals surface area (Å²) in [5.74, 6) is 1.16. The maximum absolute atomic E-state index is 13.5. The van der Waals surface area contributed by atoms with Crippen LogP contribution in [0.15, 0.2) is 77.7 Å². The second kappa shape index (κ2) is 8.35. The van der Waals surface area contributed by atoms with Gasteiger partial charge in [0, 0.05) is 6.07 Å². The van der Waals surface area contributed by atoms with Crippen LogP contribution in [0, 0.1) is 6.92 Å². The number of ether oxygens (including phenoxy) is 2. The van der Waals surface area contributed by atoms with Crippen molar-refractivity contribution < 1.29 is 17.9 Å². The van der Waals surface area contributed by atoms with Gasteiger partial charge in [-0.15, -0.1) is 0 Å². The van der Waals surface area contributed by atoms with Gasteiger partial charge in [-0.25, -0.2) is 8.42 Å². The quantitative estimate of drug-likeness (QED) is 0.593. The number of sulfonamides is 1. The van der Waals surface area contributed by atoms with Gasteiger partial charge in [-0.2, -0.15) is 0 Å². The molecule has 0 aliphatic carbocycles. The predicted molar refractivity (Wildman–Crippen MR) is 111 cm³/mol. The summed E-state index contributed by atoms with van der Waals surface area (Å²) in [5, 5.41) is 0. The largest absolute Gasteiger partial charge is 0.497 e. The van der Waals surface area contributed by atoms with E-state index in [0.29, 0.717) is 17.2 Å². The molecular formula is C22H23NO4S. The third-order valence-electron chi connectivity index (χ3n) is 4.44. The van der Waals surface area contributed by atoms with E-state index in [4.69, 9.17) is 9.47 Å². The van der Waals surface area contributed by atoms with Crippen molar-refractivity contribution in [1.82, 2.24) is 0 Å². The van der Waals surface area contributed by atoms with Gasteiger partial charge in [0.25, 0.3) is 10.0 Å². The van der Waals surface area contributed by atoms with Crippen molar-refractivity contribution in [3.8, 4) is 11.5 Å². The van der Waals surface area contributed by atoms with Gasteiger partial charge in [0.1, 0.15) is 11.5 Å². The molecule has 5 nitrogen and oxygen atoms in total. The molecule has 0 heterocycles. The summed E-state index contributed by atoms with van der Waals surface area (Å²) >= 11 is 0. The average Bonchev–Trinajstić information content (AvgIpc) is 2.73. The lowest BCUT2D eigenvalue weighted by Gasteiger charge is -2.25. The van der Waals surface area contributed by atoms with Crippen molar-refractivity contribution in [2.24, 2.45) is 0 Å². The second-order valence-corrected chi connectivity index (χ2v) is 8.24. The maximum atomic E-state index is 13.5. The van der Waals surface area contributed by atoms with E-state index in [1.165, 1.54) is 17.5 Å².